The Labute approximate surface area is 231 Å². The largest absolute Gasteiger partial charge is 0.384 e. The highest BCUT2D eigenvalue weighted by Crippen LogP contribution is 2.52. The second kappa shape index (κ2) is 10.6. The van der Waals surface area contributed by atoms with Crippen molar-refractivity contribution in [3.8, 4) is 0 Å². The molecule has 0 bridgehead atoms. The summed E-state index contributed by atoms with van der Waals surface area (Å²) in [5.74, 6) is -2.06. The molecule has 2 fully saturated rings. The molecule has 0 spiro atoms. The van der Waals surface area contributed by atoms with Gasteiger partial charge in [-0.1, -0.05) is 44.2 Å². The number of carbonyl (C=O) groups is 3. The molecule has 0 aliphatic carbocycles. The maximum absolute atomic E-state index is 16.3. The Morgan fingerprint density at radius 3 is 2.40 bits per heavy atom. The van der Waals surface area contributed by atoms with Gasteiger partial charge in [-0.25, -0.2) is 13.2 Å². The second-order valence-electron chi connectivity index (χ2n) is 11.2. The number of hydrogen-bond acceptors (Lipinski definition) is 5. The van der Waals surface area contributed by atoms with Crippen molar-refractivity contribution in [1.29, 1.82) is 0 Å². The zero-order chi connectivity index (χ0) is 28.8. The molecule has 3 aliphatic heterocycles. The lowest BCUT2D eigenvalue weighted by atomic mass is 9.61. The fourth-order valence-corrected chi connectivity index (χ4v) is 6.79. The standard InChI is InChI=1S/C30H34F3N3O4/c1-3-29(4-2)17-35(15-18-5-7-19(8-6-18)26(32)33)14-13-30(29,40)22-10-9-20-21(25(22)31)16-36(28(20)39)23-11-12-24(37)34-27(23)38/h5-10,23,26,40H,3-4,11-17H2,1-2H3,(H,34,37,38). The number of alkyl halides is 2. The molecular formula is C30H34F3N3O4. The van der Waals surface area contributed by atoms with Gasteiger partial charge in [-0.2, -0.15) is 0 Å². The van der Waals surface area contributed by atoms with E-state index in [4.69, 9.17) is 0 Å². The quantitative estimate of drug-likeness (QED) is 0.492. The van der Waals surface area contributed by atoms with Gasteiger partial charge in [0.25, 0.3) is 12.3 Å². The smallest absolute Gasteiger partial charge is 0.263 e. The molecule has 2 N–H and O–H groups in total. The molecule has 2 saturated heterocycles. The zero-order valence-corrected chi connectivity index (χ0v) is 22.7. The number of halogens is 3. The number of amides is 3. The van der Waals surface area contributed by atoms with Gasteiger partial charge < -0.3 is 10.0 Å². The van der Waals surface area contributed by atoms with Crippen LogP contribution in [-0.4, -0.2) is 51.8 Å². The van der Waals surface area contributed by atoms with Crippen LogP contribution >= 0.6 is 0 Å². The fraction of sp³-hybridized carbons (Fsp3) is 0.500. The van der Waals surface area contributed by atoms with Crippen LogP contribution in [0.3, 0.4) is 0 Å². The lowest BCUT2D eigenvalue weighted by Crippen LogP contribution is -2.57. The first-order valence-electron chi connectivity index (χ1n) is 13.8. The molecule has 2 unspecified atom stereocenters. The minimum absolute atomic E-state index is 0.0324. The van der Waals surface area contributed by atoms with E-state index in [1.165, 1.54) is 29.2 Å². The van der Waals surface area contributed by atoms with Crippen LogP contribution in [-0.2, 0) is 28.3 Å². The van der Waals surface area contributed by atoms with E-state index in [-0.39, 0.29) is 48.1 Å². The fourth-order valence-electron chi connectivity index (χ4n) is 6.79. The summed E-state index contributed by atoms with van der Waals surface area (Å²) in [4.78, 5) is 40.6. The molecule has 7 nitrogen and oxygen atoms in total. The number of rotatable bonds is 7. The van der Waals surface area contributed by atoms with Crippen LogP contribution in [0, 0.1) is 11.2 Å². The Morgan fingerprint density at radius 1 is 1.07 bits per heavy atom. The van der Waals surface area contributed by atoms with Crippen LogP contribution in [0.25, 0.3) is 0 Å². The van der Waals surface area contributed by atoms with E-state index in [1.54, 1.807) is 12.1 Å². The lowest BCUT2D eigenvalue weighted by molar-refractivity contribution is -0.150. The minimum atomic E-state index is -2.53. The summed E-state index contributed by atoms with van der Waals surface area (Å²) in [6.07, 6.45) is -0.854. The predicted molar refractivity (Wildman–Crippen MR) is 141 cm³/mol. The monoisotopic (exact) mass is 557 g/mol. The first-order chi connectivity index (χ1) is 19.0. The molecule has 2 atom stereocenters. The van der Waals surface area contributed by atoms with Crippen molar-refractivity contribution in [3.63, 3.8) is 0 Å². The number of nitrogens with one attached hydrogen (secondary N) is 1. The number of likely N-dealkylation sites (tertiary alicyclic amines) is 1. The third-order valence-electron chi connectivity index (χ3n) is 9.28. The maximum atomic E-state index is 16.3. The van der Waals surface area contributed by atoms with Gasteiger partial charge in [-0.05, 0) is 37.3 Å². The van der Waals surface area contributed by atoms with E-state index in [0.29, 0.717) is 32.5 Å². The van der Waals surface area contributed by atoms with E-state index >= 15 is 4.39 Å². The number of piperidine rings is 2. The number of benzene rings is 2. The number of aliphatic hydroxyl groups is 1. The molecule has 0 saturated carbocycles. The third-order valence-corrected chi connectivity index (χ3v) is 9.28. The van der Waals surface area contributed by atoms with Gasteiger partial charge in [0.05, 0.1) is 6.54 Å². The Morgan fingerprint density at radius 2 is 1.77 bits per heavy atom. The first kappa shape index (κ1) is 28.3. The number of nitrogens with zero attached hydrogens (tertiary/aromatic N) is 2. The number of hydrogen-bond donors (Lipinski definition) is 2. The highest BCUT2D eigenvalue weighted by Gasteiger charge is 2.54. The molecular weight excluding hydrogens is 523 g/mol. The SMILES string of the molecule is CCC1(CC)CN(Cc2ccc(C(F)F)cc2)CCC1(O)c1ccc2c(c1F)CN(C1CCC(=O)NC1=O)C2=O. The zero-order valence-electron chi connectivity index (χ0n) is 22.7. The number of imide groups is 1. The summed E-state index contributed by atoms with van der Waals surface area (Å²) in [6.45, 7) is 5.28. The summed E-state index contributed by atoms with van der Waals surface area (Å²) in [6, 6.07) is 8.40. The highest BCUT2D eigenvalue weighted by molar-refractivity contribution is 6.05. The van der Waals surface area contributed by atoms with E-state index < -0.39 is 47.0 Å². The molecule has 3 heterocycles. The molecule has 214 valence electrons. The molecule has 2 aromatic carbocycles. The van der Waals surface area contributed by atoms with Crippen LogP contribution in [0.15, 0.2) is 36.4 Å². The molecule has 10 heteroatoms. The highest BCUT2D eigenvalue weighted by atomic mass is 19.3. The van der Waals surface area contributed by atoms with Crippen molar-refractivity contribution in [3.05, 3.63) is 70.0 Å². The Kier molecular flexibility index (Phi) is 7.52. The van der Waals surface area contributed by atoms with Gasteiger partial charge in [0, 0.05) is 53.7 Å². The van der Waals surface area contributed by atoms with Gasteiger partial charge in [0.2, 0.25) is 11.8 Å². The average Bonchev–Trinajstić information content (AvgIpc) is 3.27. The number of fused-ring (bicyclic) bond motifs is 1. The molecule has 0 aromatic heterocycles. The molecule has 5 rings (SSSR count). The topological polar surface area (TPSA) is 89.9 Å². The predicted octanol–water partition coefficient (Wildman–Crippen LogP) is 4.42. The first-order valence-corrected chi connectivity index (χ1v) is 13.8. The van der Waals surface area contributed by atoms with E-state index in [0.717, 1.165) is 5.56 Å². The lowest BCUT2D eigenvalue weighted by Gasteiger charge is -2.54. The molecule has 0 radical (unpaired) electrons. The van der Waals surface area contributed by atoms with Crippen molar-refractivity contribution in [2.45, 2.75) is 77.1 Å². The summed E-state index contributed by atoms with van der Waals surface area (Å²) in [5, 5.41) is 14.5. The molecule has 40 heavy (non-hydrogen) atoms. The van der Waals surface area contributed by atoms with Gasteiger partial charge in [0.1, 0.15) is 17.5 Å². The minimum Gasteiger partial charge on any atom is -0.384 e. The Balaban J connectivity index is 1.41. The Hall–Kier alpha value is -3.24. The van der Waals surface area contributed by atoms with Gasteiger partial charge in [-0.3, -0.25) is 24.6 Å². The third kappa shape index (κ3) is 4.60. The summed E-state index contributed by atoms with van der Waals surface area (Å²) >= 11 is 0. The number of carbonyl (C=O) groups excluding carboxylic acids is 3. The van der Waals surface area contributed by atoms with E-state index in [9.17, 15) is 28.3 Å². The second-order valence-corrected chi connectivity index (χ2v) is 11.2. The summed E-state index contributed by atoms with van der Waals surface area (Å²) in [5.41, 5.74) is -0.886. The van der Waals surface area contributed by atoms with Gasteiger partial charge in [0.15, 0.2) is 0 Å². The van der Waals surface area contributed by atoms with Crippen LogP contribution in [0.5, 0.6) is 0 Å². The summed E-state index contributed by atoms with van der Waals surface area (Å²) in [7, 11) is 0. The van der Waals surface area contributed by atoms with Crippen LogP contribution in [0.2, 0.25) is 0 Å². The van der Waals surface area contributed by atoms with Gasteiger partial charge in [-0.15, -0.1) is 0 Å². The van der Waals surface area contributed by atoms with E-state index in [2.05, 4.69) is 10.2 Å². The molecule has 3 amide bonds. The summed E-state index contributed by atoms with van der Waals surface area (Å²) < 4.78 is 42.2. The van der Waals surface area contributed by atoms with Gasteiger partial charge >= 0.3 is 0 Å². The average molecular weight is 558 g/mol. The normalized spacial score (nSPS) is 24.9. The van der Waals surface area contributed by atoms with Crippen LogP contribution < -0.4 is 5.32 Å². The van der Waals surface area contributed by atoms with Crippen molar-refractivity contribution >= 4 is 17.7 Å². The Bertz CT molecular complexity index is 1330. The molecule has 2 aromatic rings. The van der Waals surface area contributed by atoms with Crippen LogP contribution in [0.4, 0.5) is 13.2 Å². The van der Waals surface area contributed by atoms with Crippen molar-refractivity contribution in [1.82, 2.24) is 15.1 Å². The maximum Gasteiger partial charge on any atom is 0.263 e. The molecule has 3 aliphatic rings. The van der Waals surface area contributed by atoms with Crippen molar-refractivity contribution < 1.29 is 32.7 Å². The van der Waals surface area contributed by atoms with Crippen LogP contribution in [0.1, 0.15) is 85.0 Å². The van der Waals surface area contributed by atoms with E-state index in [1.807, 2.05) is 13.8 Å². The van der Waals surface area contributed by atoms with Crippen molar-refractivity contribution in [2.24, 2.45) is 5.41 Å². The van der Waals surface area contributed by atoms with Crippen molar-refractivity contribution in [2.75, 3.05) is 13.1 Å².